The summed E-state index contributed by atoms with van der Waals surface area (Å²) in [4.78, 5) is 20.2. The van der Waals surface area contributed by atoms with Crippen LogP contribution in [0.5, 0.6) is 0 Å². The van der Waals surface area contributed by atoms with Crippen LogP contribution in [0.25, 0.3) is 11.2 Å². The molecule has 0 atom stereocenters. The molecule has 0 aliphatic heterocycles. The predicted molar refractivity (Wildman–Crippen MR) is 91.8 cm³/mol. The van der Waals surface area contributed by atoms with Gasteiger partial charge in [-0.25, -0.2) is 9.97 Å². The van der Waals surface area contributed by atoms with Gasteiger partial charge in [-0.15, -0.1) is 0 Å². The molecule has 0 spiro atoms. The monoisotopic (exact) mass is 372 g/mol. The number of nitrogens with one attached hydrogen (secondary N) is 1. The zero-order chi connectivity index (χ0) is 19.5. The third kappa shape index (κ3) is 4.72. The van der Waals surface area contributed by atoms with Gasteiger partial charge in [0.1, 0.15) is 11.2 Å². The number of alkyl halides is 3. The maximum atomic E-state index is 13.0. The minimum absolute atomic E-state index is 0.0850. The molecule has 0 saturated heterocycles. The molecule has 2 rings (SSSR count). The molecule has 9 heteroatoms. The van der Waals surface area contributed by atoms with Crippen LogP contribution >= 0.6 is 0 Å². The zero-order valence-electron chi connectivity index (χ0n) is 15.3. The van der Waals surface area contributed by atoms with Crippen molar-refractivity contribution >= 4 is 23.0 Å². The van der Waals surface area contributed by atoms with Crippen molar-refractivity contribution in [2.45, 2.75) is 58.4 Å². The molecule has 6 nitrogen and oxygen atoms in total. The molecule has 0 unspecified atom stereocenters. The number of unbranched alkanes of at least 4 members (excludes halogenated alkanes) is 1. The van der Waals surface area contributed by atoms with Crippen LogP contribution in [0.3, 0.4) is 0 Å². The maximum absolute atomic E-state index is 13.0. The van der Waals surface area contributed by atoms with E-state index in [4.69, 9.17) is 4.74 Å². The molecule has 0 aromatic carbocycles. The van der Waals surface area contributed by atoms with Gasteiger partial charge in [-0.05, 0) is 32.4 Å². The van der Waals surface area contributed by atoms with E-state index >= 15 is 0 Å². The van der Waals surface area contributed by atoms with E-state index in [2.05, 4.69) is 15.3 Å². The second-order valence-corrected chi connectivity index (χ2v) is 6.67. The van der Waals surface area contributed by atoms with Gasteiger partial charge in [0.05, 0.1) is 12.0 Å². The topological polar surface area (TPSA) is 69.0 Å². The first-order valence-electron chi connectivity index (χ1n) is 8.37. The molecule has 0 bridgehead atoms. The Balaban J connectivity index is 2.40. The second-order valence-electron chi connectivity index (χ2n) is 6.67. The van der Waals surface area contributed by atoms with Crippen molar-refractivity contribution < 1.29 is 22.7 Å². The summed E-state index contributed by atoms with van der Waals surface area (Å²) in [6.07, 6.45) is -2.90. The number of fused-ring (bicyclic) bond motifs is 1. The van der Waals surface area contributed by atoms with Crippen molar-refractivity contribution in [3.05, 3.63) is 17.8 Å². The van der Waals surface area contributed by atoms with Crippen molar-refractivity contribution in [2.24, 2.45) is 0 Å². The third-order valence-corrected chi connectivity index (χ3v) is 4.01. The molecule has 2 heterocycles. The van der Waals surface area contributed by atoms with E-state index < -0.39 is 17.5 Å². The van der Waals surface area contributed by atoms with Crippen molar-refractivity contribution in [1.29, 1.82) is 0 Å². The van der Waals surface area contributed by atoms with Crippen molar-refractivity contribution in [3.63, 3.8) is 0 Å². The van der Waals surface area contributed by atoms with E-state index in [1.807, 2.05) is 6.92 Å². The number of hydrogen-bond donors (Lipinski definition) is 1. The number of methoxy groups -OCH3 is 1. The quantitative estimate of drug-likeness (QED) is 0.797. The van der Waals surface area contributed by atoms with E-state index in [1.54, 1.807) is 13.8 Å². The molecule has 1 amide bonds. The minimum Gasteiger partial charge on any atom is -0.378 e. The summed E-state index contributed by atoms with van der Waals surface area (Å²) < 4.78 is 45.6. The van der Waals surface area contributed by atoms with Crippen molar-refractivity contribution in [3.8, 4) is 0 Å². The third-order valence-electron chi connectivity index (χ3n) is 4.01. The molecule has 0 radical (unpaired) electrons. The van der Waals surface area contributed by atoms with E-state index in [0.29, 0.717) is 12.1 Å². The van der Waals surface area contributed by atoms with Gasteiger partial charge < -0.3 is 4.74 Å². The van der Waals surface area contributed by atoms with E-state index in [0.717, 1.165) is 18.9 Å². The fourth-order valence-corrected chi connectivity index (χ4v) is 2.41. The Morgan fingerprint density at radius 1 is 1.27 bits per heavy atom. The largest absolute Gasteiger partial charge is 0.433 e. The lowest BCUT2D eigenvalue weighted by molar-refractivity contribution is -0.141. The molecule has 0 aliphatic rings. The average molecular weight is 372 g/mol. The minimum atomic E-state index is -4.54. The highest BCUT2D eigenvalue weighted by molar-refractivity contribution is 5.91. The normalized spacial score (nSPS) is 12.6. The lowest BCUT2D eigenvalue weighted by Gasteiger charge is -2.21. The first-order valence-corrected chi connectivity index (χ1v) is 8.37. The summed E-state index contributed by atoms with van der Waals surface area (Å²) in [6, 6.07) is 2.15. The van der Waals surface area contributed by atoms with Crippen LogP contribution in [-0.4, -0.2) is 33.2 Å². The number of carbonyl (C=O) groups excluding carboxylic acids is 1. The standard InChI is InChI=1S/C17H23F3N4O2/c1-5-6-9-24-14-11(7-8-12(22-14)17(18,19)20)21-15(24)23-13(25)10-16(2,3)26-4/h7-8H,5-6,9-10H2,1-4H3,(H,21,23,25). The number of ether oxygens (including phenoxy) is 1. The van der Waals surface area contributed by atoms with Gasteiger partial charge in [-0.1, -0.05) is 13.3 Å². The Morgan fingerprint density at radius 2 is 1.96 bits per heavy atom. The lowest BCUT2D eigenvalue weighted by atomic mass is 10.1. The number of imidazole rings is 1. The number of rotatable bonds is 7. The molecule has 26 heavy (non-hydrogen) atoms. The summed E-state index contributed by atoms with van der Waals surface area (Å²) in [7, 11) is 1.51. The number of anilines is 1. The Kier molecular flexibility index (Phi) is 5.90. The number of halogens is 3. The number of hydrogen-bond acceptors (Lipinski definition) is 4. The molecule has 144 valence electrons. The number of pyridine rings is 1. The van der Waals surface area contributed by atoms with Gasteiger partial charge in [0.15, 0.2) is 5.65 Å². The Labute approximate surface area is 149 Å². The number of nitrogens with zero attached hydrogens (tertiary/aromatic N) is 3. The van der Waals surface area contributed by atoms with Crippen LogP contribution in [0.2, 0.25) is 0 Å². The highest BCUT2D eigenvalue weighted by atomic mass is 19.4. The number of amides is 1. The molecule has 1 N–H and O–H groups in total. The summed E-state index contributed by atoms with van der Waals surface area (Å²) >= 11 is 0. The Hall–Kier alpha value is -2.16. The van der Waals surface area contributed by atoms with Crippen molar-refractivity contribution in [1.82, 2.24) is 14.5 Å². The van der Waals surface area contributed by atoms with Crippen molar-refractivity contribution in [2.75, 3.05) is 12.4 Å². The average Bonchev–Trinajstić information content (AvgIpc) is 2.87. The van der Waals surface area contributed by atoms with Gasteiger partial charge in [0.25, 0.3) is 0 Å². The van der Waals surface area contributed by atoms with E-state index in [9.17, 15) is 18.0 Å². The second kappa shape index (κ2) is 7.61. The number of aryl methyl sites for hydroxylation is 1. The molecular formula is C17H23F3N4O2. The van der Waals surface area contributed by atoms with Gasteiger partial charge in [0, 0.05) is 13.7 Å². The van der Waals surface area contributed by atoms with Gasteiger partial charge in [0.2, 0.25) is 11.9 Å². The van der Waals surface area contributed by atoms with Crippen LogP contribution in [0.4, 0.5) is 19.1 Å². The van der Waals surface area contributed by atoms with Crippen LogP contribution < -0.4 is 5.32 Å². The van der Waals surface area contributed by atoms with Crippen LogP contribution in [0, 0.1) is 0 Å². The first kappa shape index (κ1) is 20.2. The highest BCUT2D eigenvalue weighted by Gasteiger charge is 2.33. The van der Waals surface area contributed by atoms with Crippen LogP contribution in [0.1, 0.15) is 45.7 Å². The molecular weight excluding hydrogens is 349 g/mol. The van der Waals surface area contributed by atoms with Crippen LogP contribution in [-0.2, 0) is 22.3 Å². The zero-order valence-corrected chi connectivity index (χ0v) is 15.3. The molecule has 0 saturated carbocycles. The smallest absolute Gasteiger partial charge is 0.378 e. The van der Waals surface area contributed by atoms with Crippen LogP contribution in [0.15, 0.2) is 12.1 Å². The molecule has 2 aromatic rings. The van der Waals surface area contributed by atoms with Gasteiger partial charge in [-0.3, -0.25) is 14.7 Å². The Morgan fingerprint density at radius 3 is 2.54 bits per heavy atom. The predicted octanol–water partition coefficient (Wildman–Crippen LogP) is 4.00. The summed E-state index contributed by atoms with van der Waals surface area (Å²) in [5.41, 5.74) is -1.24. The molecule has 0 fully saturated rings. The lowest BCUT2D eigenvalue weighted by Crippen LogP contribution is -2.30. The fourth-order valence-electron chi connectivity index (χ4n) is 2.41. The number of carbonyl (C=O) groups is 1. The van der Waals surface area contributed by atoms with Gasteiger partial charge >= 0.3 is 6.18 Å². The van der Waals surface area contributed by atoms with E-state index in [-0.39, 0.29) is 23.9 Å². The van der Waals surface area contributed by atoms with Gasteiger partial charge in [-0.2, -0.15) is 13.2 Å². The number of aromatic nitrogens is 3. The maximum Gasteiger partial charge on any atom is 0.433 e. The first-order chi connectivity index (χ1) is 12.1. The SMILES string of the molecule is CCCCn1c(NC(=O)CC(C)(C)OC)nc2ccc(C(F)(F)F)nc21. The van der Waals surface area contributed by atoms with E-state index in [1.165, 1.54) is 17.7 Å². The Bertz CT molecular complexity index is 784. The summed E-state index contributed by atoms with van der Waals surface area (Å²) in [6.45, 7) is 5.91. The summed E-state index contributed by atoms with van der Waals surface area (Å²) in [5.74, 6) is -0.141. The summed E-state index contributed by atoms with van der Waals surface area (Å²) in [5, 5.41) is 2.67. The highest BCUT2D eigenvalue weighted by Crippen LogP contribution is 2.30. The fraction of sp³-hybridized carbons (Fsp3) is 0.588. The molecule has 2 aromatic heterocycles. The molecule has 0 aliphatic carbocycles.